The van der Waals surface area contributed by atoms with E-state index in [9.17, 15) is 18.0 Å². The van der Waals surface area contributed by atoms with E-state index < -0.39 is 35.3 Å². The van der Waals surface area contributed by atoms with Gasteiger partial charge >= 0.3 is 12.1 Å². The molecular weight excluding hydrogens is 497 g/mol. The van der Waals surface area contributed by atoms with Gasteiger partial charge in [-0.2, -0.15) is 13.2 Å². The summed E-state index contributed by atoms with van der Waals surface area (Å²) in [5.41, 5.74) is 0.835. The summed E-state index contributed by atoms with van der Waals surface area (Å²) in [5.74, 6) is -0.659. The Kier molecular flexibility index (Phi) is 8.83. The molecule has 0 spiro atoms. The van der Waals surface area contributed by atoms with Crippen LogP contribution < -0.4 is 10.1 Å². The molecule has 0 unspecified atom stereocenters. The molecule has 0 radical (unpaired) electrons. The molecule has 2 aromatic rings. The lowest BCUT2D eigenvalue weighted by Crippen LogP contribution is -2.44. The number of carbonyl (C=O) groups excluding carboxylic acids is 1. The van der Waals surface area contributed by atoms with Crippen LogP contribution >= 0.6 is 0 Å². The van der Waals surface area contributed by atoms with E-state index in [4.69, 9.17) is 14.2 Å². The van der Waals surface area contributed by atoms with Crippen LogP contribution in [0.5, 0.6) is 5.88 Å². The number of benzene rings is 1. The summed E-state index contributed by atoms with van der Waals surface area (Å²) in [5, 5.41) is 3.45. The largest absolute Gasteiger partial charge is 0.481 e. The molecule has 1 aliphatic rings. The van der Waals surface area contributed by atoms with Crippen molar-refractivity contribution in [3.8, 4) is 5.88 Å². The Hall–Kier alpha value is -2.65. The summed E-state index contributed by atoms with van der Waals surface area (Å²) in [7, 11) is 1.35. The Morgan fingerprint density at radius 1 is 1.05 bits per heavy atom. The first-order valence-electron chi connectivity index (χ1n) is 12.8. The predicted octanol–water partition coefficient (Wildman–Crippen LogP) is 6.23. The van der Waals surface area contributed by atoms with Crippen molar-refractivity contribution < 1.29 is 32.2 Å². The van der Waals surface area contributed by atoms with Gasteiger partial charge in [-0.25, -0.2) is 4.98 Å². The van der Waals surface area contributed by atoms with E-state index >= 15 is 0 Å². The van der Waals surface area contributed by atoms with Gasteiger partial charge in [0.15, 0.2) is 0 Å². The molecule has 0 amide bonds. The topological polar surface area (TPSA) is 69.7 Å². The first kappa shape index (κ1) is 29.9. The number of nitrogens with one attached hydrogen (secondary N) is 1. The lowest BCUT2D eigenvalue weighted by atomic mass is 9.73. The summed E-state index contributed by atoms with van der Waals surface area (Å²) in [6.07, 6.45) is -4.37. The Bertz CT molecular complexity index is 1120. The number of alkyl halides is 3. The maximum atomic E-state index is 13.4. The number of esters is 1. The van der Waals surface area contributed by atoms with Crippen LogP contribution in [0.15, 0.2) is 36.5 Å². The number of hydrogen-bond acceptors (Lipinski definition) is 6. The van der Waals surface area contributed by atoms with Crippen molar-refractivity contribution in [2.75, 3.05) is 13.7 Å². The SMILES string of the molecule is CCOC(=O)[C@H]1N[C@@H](c2cccc(C(C)(C)C)c2)[C@@H](OCc2cc(C(F)(F)F)cnc2OC)[C@H]1C(C)(C)C. The molecule has 1 aromatic heterocycles. The summed E-state index contributed by atoms with van der Waals surface area (Å²) in [6, 6.07) is 8.02. The van der Waals surface area contributed by atoms with Gasteiger partial charge in [0.05, 0.1) is 38.0 Å². The van der Waals surface area contributed by atoms with Gasteiger partial charge in [0.2, 0.25) is 5.88 Å². The standard InChI is InChI=1S/C29H39F3N2O4/c1-9-37-26(35)23-21(28(5,6)7)24(22(34-23)17-11-10-12-19(13-17)27(2,3)4)38-16-18-14-20(29(30,31)32)15-33-25(18)36-8/h10-15,21-24,34H,9,16H2,1-8H3/t21-,22-,23-,24-/m0/s1. The first-order chi connectivity index (χ1) is 17.6. The van der Waals surface area contributed by atoms with E-state index in [1.807, 2.05) is 32.9 Å². The fourth-order valence-electron chi connectivity index (χ4n) is 5.04. The zero-order chi connectivity index (χ0) is 28.5. The number of pyridine rings is 1. The monoisotopic (exact) mass is 536 g/mol. The van der Waals surface area contributed by atoms with Crippen molar-refractivity contribution in [2.45, 2.75) is 84.9 Å². The molecule has 4 atom stereocenters. The van der Waals surface area contributed by atoms with E-state index in [1.165, 1.54) is 7.11 Å². The predicted molar refractivity (Wildman–Crippen MR) is 139 cm³/mol. The smallest absolute Gasteiger partial charge is 0.417 e. The van der Waals surface area contributed by atoms with Crippen LogP contribution in [0.1, 0.15) is 76.8 Å². The maximum absolute atomic E-state index is 13.4. The molecule has 2 heterocycles. The van der Waals surface area contributed by atoms with Crippen LogP contribution in [0, 0.1) is 11.3 Å². The molecule has 3 rings (SSSR count). The van der Waals surface area contributed by atoms with Crippen molar-refractivity contribution >= 4 is 5.97 Å². The average molecular weight is 537 g/mol. The maximum Gasteiger partial charge on any atom is 0.417 e. The van der Waals surface area contributed by atoms with Gasteiger partial charge in [-0.3, -0.25) is 10.1 Å². The summed E-state index contributed by atoms with van der Waals surface area (Å²) < 4.78 is 57.3. The van der Waals surface area contributed by atoms with Gasteiger partial charge in [0.1, 0.15) is 6.04 Å². The lowest BCUT2D eigenvalue weighted by Gasteiger charge is -2.35. The number of methoxy groups -OCH3 is 1. The van der Waals surface area contributed by atoms with Gasteiger partial charge in [-0.1, -0.05) is 65.8 Å². The fourth-order valence-corrected chi connectivity index (χ4v) is 5.04. The molecule has 6 nitrogen and oxygen atoms in total. The molecular formula is C29H39F3N2O4. The van der Waals surface area contributed by atoms with E-state index in [1.54, 1.807) is 6.92 Å². The highest BCUT2D eigenvalue weighted by atomic mass is 19.4. The molecule has 210 valence electrons. The van der Waals surface area contributed by atoms with Crippen molar-refractivity contribution in [3.05, 3.63) is 58.8 Å². The summed E-state index contributed by atoms with van der Waals surface area (Å²) >= 11 is 0. The number of ether oxygens (including phenoxy) is 3. The molecule has 1 fully saturated rings. The number of carbonyl (C=O) groups is 1. The Balaban J connectivity index is 2.06. The Labute approximate surface area is 223 Å². The van der Waals surface area contributed by atoms with E-state index in [0.717, 1.165) is 23.4 Å². The fraction of sp³-hybridized carbons (Fsp3) is 0.586. The number of aromatic nitrogens is 1. The van der Waals surface area contributed by atoms with E-state index in [2.05, 4.69) is 43.2 Å². The van der Waals surface area contributed by atoms with Crippen molar-refractivity contribution in [1.29, 1.82) is 0 Å². The normalized spacial score (nSPS) is 22.4. The third kappa shape index (κ3) is 6.67. The second-order valence-corrected chi connectivity index (χ2v) is 11.8. The third-order valence-electron chi connectivity index (χ3n) is 6.93. The van der Waals surface area contributed by atoms with E-state index in [0.29, 0.717) is 0 Å². The van der Waals surface area contributed by atoms with Crippen LogP contribution in [-0.4, -0.2) is 36.8 Å². The highest BCUT2D eigenvalue weighted by Crippen LogP contribution is 2.45. The molecule has 1 saturated heterocycles. The molecule has 1 aliphatic heterocycles. The third-order valence-corrected chi connectivity index (χ3v) is 6.93. The van der Waals surface area contributed by atoms with E-state index in [-0.39, 0.29) is 42.0 Å². The Morgan fingerprint density at radius 2 is 1.74 bits per heavy atom. The molecule has 0 bridgehead atoms. The van der Waals surface area contributed by atoms with Crippen LogP contribution in [0.2, 0.25) is 0 Å². The minimum absolute atomic E-state index is 0.0597. The van der Waals surface area contributed by atoms with Gasteiger partial charge < -0.3 is 14.2 Å². The quantitative estimate of drug-likeness (QED) is 0.423. The minimum Gasteiger partial charge on any atom is -0.481 e. The number of halogens is 3. The molecule has 1 N–H and O–H groups in total. The van der Waals surface area contributed by atoms with Crippen molar-refractivity contribution in [2.24, 2.45) is 11.3 Å². The van der Waals surface area contributed by atoms with Gasteiger partial charge in [-0.05, 0) is 34.9 Å². The van der Waals surface area contributed by atoms with Crippen molar-refractivity contribution in [1.82, 2.24) is 10.3 Å². The van der Waals surface area contributed by atoms with Crippen molar-refractivity contribution in [3.63, 3.8) is 0 Å². The zero-order valence-electron chi connectivity index (χ0n) is 23.4. The lowest BCUT2D eigenvalue weighted by molar-refractivity contribution is -0.148. The van der Waals surface area contributed by atoms with Crippen LogP contribution in [-0.2, 0) is 32.5 Å². The molecule has 9 heteroatoms. The molecule has 38 heavy (non-hydrogen) atoms. The van der Waals surface area contributed by atoms with Gasteiger partial charge in [0, 0.05) is 17.7 Å². The highest BCUT2D eigenvalue weighted by molar-refractivity contribution is 5.77. The number of nitrogens with zero attached hydrogens (tertiary/aromatic N) is 1. The number of rotatable bonds is 7. The molecule has 0 aliphatic carbocycles. The summed E-state index contributed by atoms with van der Waals surface area (Å²) in [6.45, 7) is 14.2. The van der Waals surface area contributed by atoms with Gasteiger partial charge in [0.25, 0.3) is 0 Å². The first-order valence-corrected chi connectivity index (χ1v) is 12.8. The average Bonchev–Trinajstić information content (AvgIpc) is 3.22. The van der Waals surface area contributed by atoms with Gasteiger partial charge in [-0.15, -0.1) is 0 Å². The molecule has 0 saturated carbocycles. The second-order valence-electron chi connectivity index (χ2n) is 11.8. The Morgan fingerprint density at radius 3 is 2.29 bits per heavy atom. The van der Waals surface area contributed by atoms with Crippen LogP contribution in [0.25, 0.3) is 0 Å². The second kappa shape index (κ2) is 11.2. The van der Waals surface area contributed by atoms with Crippen LogP contribution in [0.3, 0.4) is 0 Å². The number of hydrogen-bond donors (Lipinski definition) is 1. The highest BCUT2D eigenvalue weighted by Gasteiger charge is 2.53. The minimum atomic E-state index is -4.55. The molecule has 1 aromatic carbocycles. The summed E-state index contributed by atoms with van der Waals surface area (Å²) in [4.78, 5) is 16.9. The zero-order valence-corrected chi connectivity index (χ0v) is 23.4. The van der Waals surface area contributed by atoms with Crippen LogP contribution in [0.4, 0.5) is 13.2 Å².